The number of hydrogen-bond donors (Lipinski definition) is 1. The van der Waals surface area contributed by atoms with E-state index in [1.54, 1.807) is 19.1 Å². The minimum atomic E-state index is -0.886. The topological polar surface area (TPSA) is 89.2 Å². The van der Waals surface area contributed by atoms with E-state index in [1.165, 1.54) is 25.2 Å². The summed E-state index contributed by atoms with van der Waals surface area (Å²) in [6, 6.07) is 3.89. The van der Waals surface area contributed by atoms with E-state index >= 15 is 0 Å². The fraction of sp³-hybridized carbons (Fsp3) is 0.333. The molecule has 0 spiro atoms. The van der Waals surface area contributed by atoms with Gasteiger partial charge < -0.3 is 23.9 Å². The van der Waals surface area contributed by atoms with Gasteiger partial charge in [-0.05, 0) is 31.5 Å². The van der Waals surface area contributed by atoms with Crippen molar-refractivity contribution < 1.29 is 28.6 Å². The molecular formula is C21H21Cl2NO6. The summed E-state index contributed by atoms with van der Waals surface area (Å²) in [6.07, 6.45) is 0.618. The summed E-state index contributed by atoms with van der Waals surface area (Å²) >= 11 is 12.6. The lowest BCUT2D eigenvalue weighted by atomic mass is 9.98. The second kappa shape index (κ2) is 8.62. The zero-order valence-corrected chi connectivity index (χ0v) is 18.4. The van der Waals surface area contributed by atoms with Crippen LogP contribution in [-0.4, -0.2) is 42.5 Å². The van der Waals surface area contributed by atoms with Gasteiger partial charge in [-0.3, -0.25) is 9.59 Å². The molecule has 9 heteroatoms. The number of benzene rings is 1. The van der Waals surface area contributed by atoms with Crippen LogP contribution >= 0.6 is 23.2 Å². The summed E-state index contributed by atoms with van der Waals surface area (Å²) in [5, 5.41) is 11.3. The summed E-state index contributed by atoms with van der Waals surface area (Å²) in [5.41, 5.74) is -0.0607. The lowest BCUT2D eigenvalue weighted by molar-refractivity contribution is -0.140. The molecule has 1 aromatic carbocycles. The molecule has 1 amide bonds. The van der Waals surface area contributed by atoms with Crippen molar-refractivity contribution in [2.24, 2.45) is 0 Å². The molecule has 0 aliphatic carbocycles. The number of hydrogen-bond acceptors (Lipinski definition) is 6. The van der Waals surface area contributed by atoms with E-state index < -0.39 is 23.5 Å². The quantitative estimate of drug-likeness (QED) is 0.385. The van der Waals surface area contributed by atoms with Gasteiger partial charge in [-0.25, -0.2) is 0 Å². The van der Waals surface area contributed by atoms with Crippen molar-refractivity contribution in [2.45, 2.75) is 26.3 Å². The van der Waals surface area contributed by atoms with Crippen LogP contribution in [0.15, 0.2) is 28.2 Å². The highest BCUT2D eigenvalue weighted by molar-refractivity contribution is 6.47. The normalized spacial score (nSPS) is 18.2. The number of carbonyl (C=O) groups excluding carboxylic acids is 2. The standard InChI is InChI=1S/C21H21Cl2NO6/c1-5-8-24-16(13-7-6-10(2)30-13)14(18(26)21(24)27)17(25)11-9-12(22)20(29-4)15(23)19(11)28-3/h6-7,9,16,25H,5,8H2,1-4H3/b17-14+. The molecular weight excluding hydrogens is 433 g/mol. The van der Waals surface area contributed by atoms with Crippen molar-refractivity contribution in [3.63, 3.8) is 0 Å². The smallest absolute Gasteiger partial charge is 0.295 e. The van der Waals surface area contributed by atoms with Crippen LogP contribution < -0.4 is 9.47 Å². The molecule has 1 aromatic heterocycles. The van der Waals surface area contributed by atoms with Crippen molar-refractivity contribution in [1.82, 2.24) is 4.90 Å². The number of halogens is 2. The van der Waals surface area contributed by atoms with Crippen LogP contribution in [0.2, 0.25) is 10.0 Å². The number of furan rings is 1. The van der Waals surface area contributed by atoms with E-state index in [4.69, 9.17) is 37.1 Å². The highest BCUT2D eigenvalue weighted by atomic mass is 35.5. The Hall–Kier alpha value is -2.64. The largest absolute Gasteiger partial charge is 0.507 e. The molecule has 1 fully saturated rings. The first-order chi connectivity index (χ1) is 14.3. The summed E-state index contributed by atoms with van der Waals surface area (Å²) in [7, 11) is 2.75. The van der Waals surface area contributed by atoms with Gasteiger partial charge in [0.1, 0.15) is 28.3 Å². The molecule has 1 aliphatic rings. The molecule has 1 unspecified atom stereocenters. The Morgan fingerprint density at radius 3 is 2.40 bits per heavy atom. The number of nitrogens with zero attached hydrogens (tertiary/aromatic N) is 1. The first-order valence-corrected chi connectivity index (χ1v) is 9.97. The van der Waals surface area contributed by atoms with Gasteiger partial charge in [0.25, 0.3) is 11.7 Å². The molecule has 0 saturated carbocycles. The number of carbonyl (C=O) groups is 2. The molecule has 2 heterocycles. The molecule has 160 valence electrons. The minimum absolute atomic E-state index is 0.0298. The van der Waals surface area contributed by atoms with E-state index in [1.807, 2.05) is 6.92 Å². The fourth-order valence-electron chi connectivity index (χ4n) is 3.54. The van der Waals surface area contributed by atoms with Gasteiger partial charge in [-0.2, -0.15) is 0 Å². The van der Waals surface area contributed by atoms with E-state index in [0.29, 0.717) is 24.5 Å². The summed E-state index contributed by atoms with van der Waals surface area (Å²) < 4.78 is 16.2. The molecule has 7 nitrogen and oxygen atoms in total. The number of aryl methyl sites for hydroxylation is 1. The maximum Gasteiger partial charge on any atom is 0.295 e. The van der Waals surface area contributed by atoms with Crippen molar-refractivity contribution in [1.29, 1.82) is 0 Å². The highest BCUT2D eigenvalue weighted by Crippen LogP contribution is 2.47. The molecule has 3 rings (SSSR count). The maximum absolute atomic E-state index is 12.9. The molecule has 1 N–H and O–H groups in total. The zero-order chi connectivity index (χ0) is 22.2. The zero-order valence-electron chi connectivity index (χ0n) is 16.9. The number of ether oxygens (including phenoxy) is 2. The number of methoxy groups -OCH3 is 2. The predicted octanol–water partition coefficient (Wildman–Crippen LogP) is 4.74. The lowest BCUT2D eigenvalue weighted by Crippen LogP contribution is -2.30. The molecule has 0 bridgehead atoms. The maximum atomic E-state index is 12.9. The van der Waals surface area contributed by atoms with Crippen LogP contribution in [0.25, 0.3) is 5.76 Å². The first kappa shape index (κ1) is 22.1. The van der Waals surface area contributed by atoms with Gasteiger partial charge >= 0.3 is 0 Å². The summed E-state index contributed by atoms with van der Waals surface area (Å²) in [4.78, 5) is 27.0. The van der Waals surface area contributed by atoms with Gasteiger partial charge in [-0.15, -0.1) is 0 Å². The van der Waals surface area contributed by atoms with Gasteiger partial charge in [0.2, 0.25) is 0 Å². The third-order valence-corrected chi connectivity index (χ3v) is 5.45. The number of aliphatic hydroxyl groups is 1. The van der Waals surface area contributed by atoms with Crippen molar-refractivity contribution in [3.05, 3.63) is 50.9 Å². The Morgan fingerprint density at radius 2 is 1.87 bits per heavy atom. The number of likely N-dealkylation sites (tertiary alicyclic amines) is 1. The number of ketones is 1. The van der Waals surface area contributed by atoms with Crippen LogP contribution in [0.3, 0.4) is 0 Å². The molecule has 30 heavy (non-hydrogen) atoms. The van der Waals surface area contributed by atoms with Crippen molar-refractivity contribution >= 4 is 40.7 Å². The number of amides is 1. The van der Waals surface area contributed by atoms with Crippen LogP contribution in [0.1, 0.15) is 36.5 Å². The number of rotatable bonds is 6. The minimum Gasteiger partial charge on any atom is -0.507 e. The van der Waals surface area contributed by atoms with E-state index in [-0.39, 0.29) is 32.7 Å². The predicted molar refractivity (Wildman–Crippen MR) is 112 cm³/mol. The Balaban J connectivity index is 2.29. The summed E-state index contributed by atoms with van der Waals surface area (Å²) in [5.74, 6) is -0.809. The Morgan fingerprint density at radius 1 is 1.20 bits per heavy atom. The van der Waals surface area contributed by atoms with E-state index in [9.17, 15) is 14.7 Å². The second-order valence-electron chi connectivity index (χ2n) is 6.73. The average molecular weight is 454 g/mol. The Kier molecular flexibility index (Phi) is 6.33. The SMILES string of the molecule is CCCN1C(=O)C(=O)/C(=C(/O)c2cc(Cl)c(OC)c(Cl)c2OC)C1c1ccc(C)o1. The summed E-state index contributed by atoms with van der Waals surface area (Å²) in [6.45, 7) is 3.95. The van der Waals surface area contributed by atoms with Gasteiger partial charge in [0.05, 0.1) is 30.4 Å². The number of Topliss-reactive ketones (excluding diaryl/α,β-unsaturated/α-hetero) is 1. The van der Waals surface area contributed by atoms with Crippen molar-refractivity contribution in [2.75, 3.05) is 20.8 Å². The third kappa shape index (κ3) is 3.52. The average Bonchev–Trinajstić information content (AvgIpc) is 3.24. The number of aliphatic hydroxyl groups excluding tert-OH is 1. The van der Waals surface area contributed by atoms with E-state index in [2.05, 4.69) is 0 Å². The molecule has 1 aliphatic heterocycles. The van der Waals surface area contributed by atoms with Gasteiger partial charge in [0.15, 0.2) is 11.5 Å². The molecule has 1 atom stereocenters. The first-order valence-electron chi connectivity index (χ1n) is 9.21. The fourth-order valence-corrected chi connectivity index (χ4v) is 4.23. The van der Waals surface area contributed by atoms with Crippen LogP contribution in [0.4, 0.5) is 0 Å². The molecule has 0 radical (unpaired) electrons. The van der Waals surface area contributed by atoms with Crippen LogP contribution in [0, 0.1) is 6.92 Å². The Labute approximate surface area is 183 Å². The van der Waals surface area contributed by atoms with Crippen LogP contribution in [-0.2, 0) is 9.59 Å². The third-order valence-electron chi connectivity index (χ3n) is 4.83. The second-order valence-corrected chi connectivity index (χ2v) is 7.51. The van der Waals surface area contributed by atoms with Gasteiger partial charge in [-0.1, -0.05) is 30.1 Å². The molecule has 1 saturated heterocycles. The lowest BCUT2D eigenvalue weighted by Gasteiger charge is -2.23. The Bertz CT molecular complexity index is 1040. The van der Waals surface area contributed by atoms with Gasteiger partial charge in [0, 0.05) is 6.54 Å². The highest BCUT2D eigenvalue weighted by Gasteiger charge is 2.47. The van der Waals surface area contributed by atoms with Crippen molar-refractivity contribution in [3.8, 4) is 11.5 Å². The monoisotopic (exact) mass is 453 g/mol. The molecule has 2 aromatic rings. The van der Waals surface area contributed by atoms with Crippen LogP contribution in [0.5, 0.6) is 11.5 Å². The van der Waals surface area contributed by atoms with E-state index in [0.717, 1.165) is 0 Å².